The van der Waals surface area contributed by atoms with Gasteiger partial charge in [0, 0.05) is 19.2 Å². The lowest BCUT2D eigenvalue weighted by atomic mass is 10.3. The third-order valence-electron chi connectivity index (χ3n) is 2.93. The Morgan fingerprint density at radius 1 is 1.65 bits per heavy atom. The molecule has 2 rings (SSSR count). The summed E-state index contributed by atoms with van der Waals surface area (Å²) < 4.78 is 11.2. The second kappa shape index (κ2) is 7.02. The Bertz CT molecular complexity index is 473. The standard InChI is InChI=1S/C14H18N2O4/c1-16-6-7-19-13(9-16)10-20-12-4-2-11(15-8-12)3-5-14(17)18/h2-5,8,13H,6-7,9-10H2,1H3,(H,17,18). The molecule has 1 unspecified atom stereocenters. The smallest absolute Gasteiger partial charge is 0.328 e. The van der Waals surface area contributed by atoms with E-state index in [4.69, 9.17) is 14.6 Å². The zero-order valence-corrected chi connectivity index (χ0v) is 11.4. The van der Waals surface area contributed by atoms with E-state index < -0.39 is 5.97 Å². The summed E-state index contributed by atoms with van der Waals surface area (Å²) in [6.07, 6.45) is 4.13. The fraction of sp³-hybridized carbons (Fsp3) is 0.429. The van der Waals surface area contributed by atoms with Gasteiger partial charge in [-0.3, -0.25) is 4.98 Å². The van der Waals surface area contributed by atoms with Crippen LogP contribution in [0.4, 0.5) is 0 Å². The maximum absolute atomic E-state index is 10.4. The predicted octanol–water partition coefficient (Wildman–Crippen LogP) is 0.889. The highest BCUT2D eigenvalue weighted by molar-refractivity contribution is 5.84. The number of carboxylic acids is 1. The number of aromatic nitrogens is 1. The van der Waals surface area contributed by atoms with Crippen LogP contribution in [-0.4, -0.2) is 60.4 Å². The molecule has 0 aromatic carbocycles. The number of carboxylic acid groups (broad SMARTS) is 1. The van der Waals surface area contributed by atoms with Gasteiger partial charge in [0.2, 0.25) is 0 Å². The summed E-state index contributed by atoms with van der Waals surface area (Å²) in [7, 11) is 2.06. The molecule has 6 nitrogen and oxygen atoms in total. The molecule has 0 radical (unpaired) electrons. The quantitative estimate of drug-likeness (QED) is 0.806. The molecule has 20 heavy (non-hydrogen) atoms. The molecule has 0 spiro atoms. The maximum atomic E-state index is 10.4. The Balaban J connectivity index is 1.83. The molecular weight excluding hydrogens is 260 g/mol. The van der Waals surface area contributed by atoms with Gasteiger partial charge in [-0.05, 0) is 25.3 Å². The van der Waals surface area contributed by atoms with Crippen LogP contribution in [0.2, 0.25) is 0 Å². The second-order valence-electron chi connectivity index (χ2n) is 4.66. The molecule has 0 bridgehead atoms. The number of pyridine rings is 1. The molecule has 0 saturated carbocycles. The Morgan fingerprint density at radius 2 is 2.50 bits per heavy atom. The van der Waals surface area contributed by atoms with Gasteiger partial charge in [-0.15, -0.1) is 0 Å². The summed E-state index contributed by atoms with van der Waals surface area (Å²) in [5.41, 5.74) is 0.577. The van der Waals surface area contributed by atoms with Crippen LogP contribution in [-0.2, 0) is 9.53 Å². The van der Waals surface area contributed by atoms with E-state index in [1.165, 1.54) is 6.08 Å². The highest BCUT2D eigenvalue weighted by Gasteiger charge is 2.18. The first kappa shape index (κ1) is 14.5. The van der Waals surface area contributed by atoms with E-state index in [2.05, 4.69) is 16.9 Å². The van der Waals surface area contributed by atoms with Gasteiger partial charge in [0.05, 0.1) is 18.5 Å². The summed E-state index contributed by atoms with van der Waals surface area (Å²) >= 11 is 0. The van der Waals surface area contributed by atoms with Gasteiger partial charge in [-0.1, -0.05) is 0 Å². The SMILES string of the molecule is CN1CCOC(COc2ccc(C=CC(=O)O)nc2)C1. The zero-order chi connectivity index (χ0) is 14.4. The highest BCUT2D eigenvalue weighted by Crippen LogP contribution is 2.12. The monoisotopic (exact) mass is 278 g/mol. The zero-order valence-electron chi connectivity index (χ0n) is 11.4. The summed E-state index contributed by atoms with van der Waals surface area (Å²) in [5.74, 6) is -0.347. The fourth-order valence-corrected chi connectivity index (χ4v) is 1.89. The van der Waals surface area contributed by atoms with Crippen molar-refractivity contribution in [3.05, 3.63) is 30.1 Å². The normalized spacial score (nSPS) is 20.1. The minimum Gasteiger partial charge on any atom is -0.489 e. The van der Waals surface area contributed by atoms with Crippen LogP contribution in [0.1, 0.15) is 5.69 Å². The molecule has 1 saturated heterocycles. The molecule has 1 aliphatic rings. The summed E-state index contributed by atoms with van der Waals surface area (Å²) in [5, 5.41) is 8.52. The summed E-state index contributed by atoms with van der Waals surface area (Å²) in [6, 6.07) is 3.48. The van der Waals surface area contributed by atoms with Crippen molar-refractivity contribution in [2.75, 3.05) is 33.4 Å². The van der Waals surface area contributed by atoms with Crippen LogP contribution < -0.4 is 4.74 Å². The van der Waals surface area contributed by atoms with Crippen LogP contribution >= 0.6 is 0 Å². The van der Waals surface area contributed by atoms with Crippen molar-refractivity contribution in [1.82, 2.24) is 9.88 Å². The first-order chi connectivity index (χ1) is 9.63. The number of aliphatic carboxylic acids is 1. The lowest BCUT2D eigenvalue weighted by Crippen LogP contribution is -2.42. The average Bonchev–Trinajstić information content (AvgIpc) is 2.44. The van der Waals surface area contributed by atoms with E-state index in [9.17, 15) is 4.79 Å². The van der Waals surface area contributed by atoms with E-state index in [1.54, 1.807) is 18.3 Å². The van der Waals surface area contributed by atoms with E-state index in [-0.39, 0.29) is 6.10 Å². The fourth-order valence-electron chi connectivity index (χ4n) is 1.89. The third-order valence-corrected chi connectivity index (χ3v) is 2.93. The minimum atomic E-state index is -0.995. The second-order valence-corrected chi connectivity index (χ2v) is 4.66. The van der Waals surface area contributed by atoms with Crippen molar-refractivity contribution < 1.29 is 19.4 Å². The van der Waals surface area contributed by atoms with Gasteiger partial charge < -0.3 is 19.5 Å². The number of morpholine rings is 1. The number of hydrogen-bond acceptors (Lipinski definition) is 5. The van der Waals surface area contributed by atoms with Crippen molar-refractivity contribution in [2.45, 2.75) is 6.10 Å². The number of nitrogens with zero attached hydrogens (tertiary/aromatic N) is 2. The molecule has 0 aliphatic carbocycles. The van der Waals surface area contributed by atoms with E-state index in [0.717, 1.165) is 25.8 Å². The Kier molecular flexibility index (Phi) is 5.09. The lowest BCUT2D eigenvalue weighted by molar-refractivity contribution is -0.131. The van der Waals surface area contributed by atoms with Crippen LogP contribution in [0.3, 0.4) is 0 Å². The molecule has 1 atom stereocenters. The van der Waals surface area contributed by atoms with Gasteiger partial charge in [0.15, 0.2) is 0 Å². The van der Waals surface area contributed by atoms with Gasteiger partial charge >= 0.3 is 5.97 Å². The highest BCUT2D eigenvalue weighted by atomic mass is 16.5. The van der Waals surface area contributed by atoms with E-state index in [1.807, 2.05) is 0 Å². The molecule has 1 N–H and O–H groups in total. The molecule has 1 aliphatic heterocycles. The molecule has 1 fully saturated rings. The Hall–Kier alpha value is -1.92. The number of ether oxygens (including phenoxy) is 2. The number of rotatable bonds is 5. The molecular formula is C14H18N2O4. The Labute approximate surface area is 117 Å². The molecule has 2 heterocycles. The minimum absolute atomic E-state index is 0.0698. The topological polar surface area (TPSA) is 71.9 Å². The number of likely N-dealkylation sites (N-methyl/N-ethyl adjacent to an activating group) is 1. The van der Waals surface area contributed by atoms with Crippen LogP contribution in [0.5, 0.6) is 5.75 Å². The molecule has 6 heteroatoms. The van der Waals surface area contributed by atoms with Crippen molar-refractivity contribution in [3.8, 4) is 5.75 Å². The van der Waals surface area contributed by atoms with Crippen molar-refractivity contribution >= 4 is 12.0 Å². The van der Waals surface area contributed by atoms with E-state index in [0.29, 0.717) is 18.1 Å². The molecule has 1 aromatic heterocycles. The maximum Gasteiger partial charge on any atom is 0.328 e. The Morgan fingerprint density at radius 3 is 3.15 bits per heavy atom. The van der Waals surface area contributed by atoms with Crippen LogP contribution in [0.15, 0.2) is 24.4 Å². The van der Waals surface area contributed by atoms with Crippen molar-refractivity contribution in [2.24, 2.45) is 0 Å². The van der Waals surface area contributed by atoms with Crippen LogP contribution in [0, 0.1) is 0 Å². The van der Waals surface area contributed by atoms with Gasteiger partial charge in [-0.2, -0.15) is 0 Å². The first-order valence-electron chi connectivity index (χ1n) is 6.43. The molecule has 1 aromatic rings. The van der Waals surface area contributed by atoms with Gasteiger partial charge in [0.1, 0.15) is 18.5 Å². The van der Waals surface area contributed by atoms with Crippen molar-refractivity contribution in [3.63, 3.8) is 0 Å². The van der Waals surface area contributed by atoms with Gasteiger partial charge in [-0.25, -0.2) is 4.79 Å². The number of hydrogen-bond donors (Lipinski definition) is 1. The van der Waals surface area contributed by atoms with E-state index >= 15 is 0 Å². The van der Waals surface area contributed by atoms with Gasteiger partial charge in [0.25, 0.3) is 0 Å². The molecule has 0 amide bonds. The average molecular weight is 278 g/mol. The summed E-state index contributed by atoms with van der Waals surface area (Å²) in [4.78, 5) is 16.7. The largest absolute Gasteiger partial charge is 0.489 e. The predicted molar refractivity (Wildman–Crippen MR) is 73.6 cm³/mol. The number of carbonyl (C=O) groups is 1. The lowest BCUT2D eigenvalue weighted by Gasteiger charge is -2.29. The van der Waals surface area contributed by atoms with Crippen molar-refractivity contribution in [1.29, 1.82) is 0 Å². The first-order valence-corrected chi connectivity index (χ1v) is 6.43. The summed E-state index contributed by atoms with van der Waals surface area (Å²) in [6.45, 7) is 3.01. The van der Waals surface area contributed by atoms with Crippen LogP contribution in [0.25, 0.3) is 6.08 Å². The third kappa shape index (κ3) is 4.64. The molecule has 108 valence electrons.